The number of alkyl halides is 3. The Morgan fingerprint density at radius 1 is 1.03 bits per heavy atom. The summed E-state index contributed by atoms with van der Waals surface area (Å²) >= 11 is 0. The summed E-state index contributed by atoms with van der Waals surface area (Å²) in [7, 11) is 0. The molecule has 1 aromatic carbocycles. The maximum absolute atomic E-state index is 14.1. The van der Waals surface area contributed by atoms with E-state index in [2.05, 4.69) is 30.8 Å². The van der Waals surface area contributed by atoms with Gasteiger partial charge in [0, 0.05) is 18.8 Å². The molecule has 33 heavy (non-hydrogen) atoms. The van der Waals surface area contributed by atoms with E-state index in [0.717, 1.165) is 18.3 Å². The van der Waals surface area contributed by atoms with E-state index in [-0.39, 0.29) is 11.8 Å². The third-order valence-electron chi connectivity index (χ3n) is 4.66. The van der Waals surface area contributed by atoms with Crippen molar-refractivity contribution in [3.05, 3.63) is 65.9 Å². The standard InChI is InChI=1S/C21H19F4N7O/c22-18-13-27-20(30-19(18)32-6-8-33-9-7-32)31-28-12-16-4-5-17(11-26-16)29-15-3-1-2-14(10-15)21(23,24)25/h1-5,10-13,29H,6-9H2,(H,27,30,31)/b28-12-. The normalized spacial score (nSPS) is 14.5. The van der Waals surface area contributed by atoms with Crippen molar-refractivity contribution < 1.29 is 22.3 Å². The Kier molecular flexibility index (Phi) is 6.63. The van der Waals surface area contributed by atoms with Gasteiger partial charge in [0.15, 0.2) is 11.6 Å². The van der Waals surface area contributed by atoms with Gasteiger partial charge in [-0.15, -0.1) is 0 Å². The van der Waals surface area contributed by atoms with Crippen molar-refractivity contribution in [1.82, 2.24) is 15.0 Å². The summed E-state index contributed by atoms with van der Waals surface area (Å²) in [5.74, 6) is -0.233. The van der Waals surface area contributed by atoms with Gasteiger partial charge in [0.1, 0.15) is 0 Å². The quantitative estimate of drug-likeness (QED) is 0.325. The van der Waals surface area contributed by atoms with Crippen LogP contribution in [0.3, 0.4) is 0 Å². The number of morpholine rings is 1. The van der Waals surface area contributed by atoms with Gasteiger partial charge in [0.25, 0.3) is 0 Å². The van der Waals surface area contributed by atoms with Crippen LogP contribution in [0.4, 0.5) is 40.7 Å². The number of aromatic nitrogens is 3. The van der Waals surface area contributed by atoms with Crippen molar-refractivity contribution in [2.75, 3.05) is 41.9 Å². The highest BCUT2D eigenvalue weighted by Gasteiger charge is 2.30. The maximum atomic E-state index is 14.1. The minimum Gasteiger partial charge on any atom is -0.378 e. The van der Waals surface area contributed by atoms with Crippen LogP contribution in [0, 0.1) is 5.82 Å². The SMILES string of the molecule is Fc1cnc(N/N=C\c2ccc(Nc3cccc(C(F)(F)F)c3)cn2)nc1N1CCOCC1. The Balaban J connectivity index is 1.37. The van der Waals surface area contributed by atoms with Gasteiger partial charge in [0.2, 0.25) is 5.95 Å². The first kappa shape index (κ1) is 22.4. The minimum absolute atomic E-state index is 0.122. The number of halogens is 4. The van der Waals surface area contributed by atoms with E-state index in [4.69, 9.17) is 4.74 Å². The van der Waals surface area contributed by atoms with E-state index < -0.39 is 17.6 Å². The third kappa shape index (κ3) is 5.92. The Hall–Kier alpha value is -3.80. The first-order valence-corrected chi connectivity index (χ1v) is 9.93. The average molecular weight is 461 g/mol. The number of anilines is 4. The molecule has 0 bridgehead atoms. The van der Waals surface area contributed by atoms with E-state index in [9.17, 15) is 17.6 Å². The van der Waals surface area contributed by atoms with Crippen molar-refractivity contribution in [3.63, 3.8) is 0 Å². The lowest BCUT2D eigenvalue weighted by atomic mass is 10.2. The highest BCUT2D eigenvalue weighted by Crippen LogP contribution is 2.31. The number of nitrogens with zero attached hydrogens (tertiary/aromatic N) is 5. The van der Waals surface area contributed by atoms with Crippen LogP contribution in [0.1, 0.15) is 11.3 Å². The monoisotopic (exact) mass is 461 g/mol. The molecule has 2 N–H and O–H groups in total. The van der Waals surface area contributed by atoms with Crippen LogP contribution in [0.25, 0.3) is 0 Å². The van der Waals surface area contributed by atoms with Crippen molar-refractivity contribution in [2.45, 2.75) is 6.18 Å². The van der Waals surface area contributed by atoms with Crippen LogP contribution >= 0.6 is 0 Å². The molecule has 0 aliphatic carbocycles. The Labute approximate surface area is 186 Å². The molecule has 1 fully saturated rings. The Morgan fingerprint density at radius 3 is 2.58 bits per heavy atom. The molecular weight excluding hydrogens is 442 g/mol. The van der Waals surface area contributed by atoms with Crippen LogP contribution < -0.4 is 15.6 Å². The molecular formula is C21H19F4N7O. The number of hydrogen-bond acceptors (Lipinski definition) is 8. The fraction of sp³-hybridized carbons (Fsp3) is 0.238. The second kappa shape index (κ2) is 9.77. The van der Waals surface area contributed by atoms with Crippen LogP contribution in [0.2, 0.25) is 0 Å². The molecule has 0 saturated carbocycles. The molecule has 12 heteroatoms. The number of pyridine rings is 1. The molecule has 1 saturated heterocycles. The highest BCUT2D eigenvalue weighted by atomic mass is 19.4. The maximum Gasteiger partial charge on any atom is 0.416 e. The molecule has 4 rings (SSSR count). The van der Waals surface area contributed by atoms with Crippen molar-refractivity contribution >= 4 is 29.4 Å². The van der Waals surface area contributed by atoms with Gasteiger partial charge in [-0.3, -0.25) is 4.98 Å². The molecule has 172 valence electrons. The van der Waals surface area contributed by atoms with Crippen LogP contribution in [-0.4, -0.2) is 47.5 Å². The first-order valence-electron chi connectivity index (χ1n) is 9.93. The average Bonchev–Trinajstić information content (AvgIpc) is 2.81. The summed E-state index contributed by atoms with van der Waals surface area (Å²) in [6, 6.07) is 8.17. The first-order chi connectivity index (χ1) is 15.9. The van der Waals surface area contributed by atoms with E-state index in [1.807, 2.05) is 0 Å². The largest absolute Gasteiger partial charge is 0.416 e. The predicted molar refractivity (Wildman–Crippen MR) is 115 cm³/mol. The van der Waals surface area contributed by atoms with Gasteiger partial charge in [-0.2, -0.15) is 23.3 Å². The zero-order valence-electron chi connectivity index (χ0n) is 17.2. The van der Waals surface area contributed by atoms with Gasteiger partial charge >= 0.3 is 6.18 Å². The summed E-state index contributed by atoms with van der Waals surface area (Å²) in [6.07, 6.45) is -0.468. The zero-order valence-corrected chi connectivity index (χ0v) is 17.2. The molecule has 0 atom stereocenters. The lowest BCUT2D eigenvalue weighted by Gasteiger charge is -2.27. The van der Waals surface area contributed by atoms with E-state index in [0.29, 0.717) is 43.4 Å². The molecule has 8 nitrogen and oxygen atoms in total. The second-order valence-corrected chi connectivity index (χ2v) is 7.01. The summed E-state index contributed by atoms with van der Waals surface area (Å²) in [5.41, 5.74) is 3.18. The van der Waals surface area contributed by atoms with Crippen LogP contribution in [0.15, 0.2) is 53.9 Å². The van der Waals surface area contributed by atoms with E-state index >= 15 is 0 Å². The second-order valence-electron chi connectivity index (χ2n) is 7.01. The van der Waals surface area contributed by atoms with Crippen molar-refractivity contribution in [2.24, 2.45) is 5.10 Å². The van der Waals surface area contributed by atoms with Gasteiger partial charge in [-0.25, -0.2) is 14.8 Å². The number of hydrazone groups is 1. The van der Waals surface area contributed by atoms with Crippen LogP contribution in [0.5, 0.6) is 0 Å². The molecule has 0 radical (unpaired) electrons. The number of nitrogens with one attached hydrogen (secondary N) is 2. The molecule has 1 aliphatic rings. The summed E-state index contributed by atoms with van der Waals surface area (Å²) < 4.78 is 57.9. The zero-order chi connectivity index (χ0) is 23.3. The number of rotatable bonds is 6. The van der Waals surface area contributed by atoms with Crippen molar-refractivity contribution in [1.29, 1.82) is 0 Å². The minimum atomic E-state index is -4.42. The summed E-state index contributed by atoms with van der Waals surface area (Å²) in [4.78, 5) is 14.0. The summed E-state index contributed by atoms with van der Waals surface area (Å²) in [5, 5.41) is 6.88. The molecule has 0 spiro atoms. The van der Waals surface area contributed by atoms with Gasteiger partial charge in [-0.05, 0) is 30.3 Å². The lowest BCUT2D eigenvalue weighted by molar-refractivity contribution is -0.137. The van der Waals surface area contributed by atoms with E-state index in [1.165, 1.54) is 24.5 Å². The van der Waals surface area contributed by atoms with Crippen LogP contribution in [-0.2, 0) is 10.9 Å². The predicted octanol–water partition coefficient (Wildman–Crippen LogP) is 4.06. The van der Waals surface area contributed by atoms with Gasteiger partial charge < -0.3 is 15.0 Å². The molecule has 1 aliphatic heterocycles. The molecule has 2 aromatic heterocycles. The van der Waals surface area contributed by atoms with Crippen molar-refractivity contribution in [3.8, 4) is 0 Å². The highest BCUT2D eigenvalue weighted by molar-refractivity contribution is 5.78. The molecule has 0 amide bonds. The van der Waals surface area contributed by atoms with E-state index in [1.54, 1.807) is 17.0 Å². The summed E-state index contributed by atoms with van der Waals surface area (Å²) in [6.45, 7) is 2.05. The number of ether oxygens (including phenoxy) is 1. The smallest absolute Gasteiger partial charge is 0.378 e. The van der Waals surface area contributed by atoms with Gasteiger partial charge in [0.05, 0.1) is 48.8 Å². The Bertz CT molecular complexity index is 1120. The number of hydrogen-bond donors (Lipinski definition) is 2. The fourth-order valence-electron chi connectivity index (χ4n) is 3.06. The van der Waals surface area contributed by atoms with Gasteiger partial charge in [-0.1, -0.05) is 6.07 Å². The topological polar surface area (TPSA) is 87.6 Å². The third-order valence-corrected chi connectivity index (χ3v) is 4.66. The lowest BCUT2D eigenvalue weighted by Crippen LogP contribution is -2.37. The fourth-order valence-corrected chi connectivity index (χ4v) is 3.06. The Morgan fingerprint density at radius 2 is 1.85 bits per heavy atom. The molecule has 0 unspecified atom stereocenters. The molecule has 3 aromatic rings. The molecule has 3 heterocycles. The number of benzene rings is 1.